The summed E-state index contributed by atoms with van der Waals surface area (Å²) in [6.45, 7) is 3.39. The van der Waals surface area contributed by atoms with E-state index in [1.807, 2.05) is 6.92 Å². The highest BCUT2D eigenvalue weighted by Crippen LogP contribution is 2.09. The molecule has 0 fully saturated rings. The molecule has 7 heteroatoms. The van der Waals surface area contributed by atoms with Crippen molar-refractivity contribution in [3.05, 3.63) is 35.7 Å². The fourth-order valence-electron chi connectivity index (χ4n) is 2.19. The van der Waals surface area contributed by atoms with Gasteiger partial charge in [0.1, 0.15) is 0 Å². The van der Waals surface area contributed by atoms with Crippen molar-refractivity contribution in [1.82, 2.24) is 15.5 Å². The molecule has 0 radical (unpaired) electrons. The van der Waals surface area contributed by atoms with Gasteiger partial charge in [-0.25, -0.2) is 0 Å². The van der Waals surface area contributed by atoms with Crippen molar-refractivity contribution in [2.75, 3.05) is 25.0 Å². The fourth-order valence-corrected chi connectivity index (χ4v) is 2.19. The third kappa shape index (κ3) is 5.71. The second-order valence-electron chi connectivity index (χ2n) is 5.49. The van der Waals surface area contributed by atoms with E-state index in [1.165, 1.54) is 0 Å². The van der Waals surface area contributed by atoms with Gasteiger partial charge in [0.2, 0.25) is 0 Å². The van der Waals surface area contributed by atoms with Gasteiger partial charge in [0.05, 0.1) is 5.57 Å². The lowest BCUT2D eigenvalue weighted by atomic mass is 10.0. The molecule has 1 aliphatic rings. The summed E-state index contributed by atoms with van der Waals surface area (Å²) in [4.78, 5) is 16.6. The minimum atomic E-state index is -0.263. The maximum absolute atomic E-state index is 12.3. The Kier molecular flexibility index (Phi) is 6.56. The van der Waals surface area contributed by atoms with Crippen LogP contribution in [0, 0.1) is 12.8 Å². The van der Waals surface area contributed by atoms with E-state index in [9.17, 15) is 9.90 Å². The zero-order chi connectivity index (χ0) is 16.5. The molecule has 0 bridgehead atoms. The van der Waals surface area contributed by atoms with Crippen molar-refractivity contribution in [2.45, 2.75) is 19.8 Å². The zero-order valence-electron chi connectivity index (χ0n) is 13.2. The summed E-state index contributed by atoms with van der Waals surface area (Å²) < 4.78 is 0. The first kappa shape index (κ1) is 17.0. The Morgan fingerprint density at radius 1 is 1.48 bits per heavy atom. The Hall–Kier alpha value is -2.41. The highest BCUT2D eigenvalue weighted by atomic mass is 16.3. The number of H-pyrrole nitrogens is 1. The monoisotopic (exact) mass is 317 g/mol. The number of carbonyl (C=O) groups excluding carboxylic acids is 1. The molecule has 1 unspecified atom stereocenters. The number of aromatic amines is 1. The lowest BCUT2D eigenvalue weighted by Crippen LogP contribution is -2.18. The predicted molar refractivity (Wildman–Crippen MR) is 90.3 cm³/mol. The van der Waals surface area contributed by atoms with Gasteiger partial charge in [0.15, 0.2) is 5.82 Å². The average Bonchev–Trinajstić information content (AvgIpc) is 2.93. The van der Waals surface area contributed by atoms with Gasteiger partial charge >= 0.3 is 0 Å². The standard InChI is InChI=1S/C16H23N5O2/c1-12-9-15(21-20-12)19-16(23)14-3-2-6-17-7-4-13(11-22)5-8-18-10-14/h2-3,6,9-10,13,17,22H,4-5,7-8,11H2,1H3,(H2,19,20,21,23)/b6-2+,14-3+,18-10?. The molecular weight excluding hydrogens is 294 g/mol. The smallest absolute Gasteiger partial charge is 0.258 e. The first-order valence-corrected chi connectivity index (χ1v) is 7.73. The van der Waals surface area contributed by atoms with Crippen LogP contribution < -0.4 is 10.6 Å². The maximum atomic E-state index is 12.3. The second kappa shape index (κ2) is 8.89. The number of aliphatic hydroxyl groups is 1. The number of amides is 1. The largest absolute Gasteiger partial charge is 0.396 e. The first-order valence-electron chi connectivity index (χ1n) is 7.73. The molecule has 0 saturated carbocycles. The Morgan fingerprint density at radius 2 is 2.35 bits per heavy atom. The van der Waals surface area contributed by atoms with Crippen molar-refractivity contribution in [3.63, 3.8) is 0 Å². The van der Waals surface area contributed by atoms with E-state index in [1.54, 1.807) is 30.6 Å². The fraction of sp³-hybridized carbons (Fsp3) is 0.438. The number of anilines is 1. The van der Waals surface area contributed by atoms with Crippen molar-refractivity contribution < 1.29 is 9.90 Å². The number of aryl methyl sites for hydroxylation is 1. The van der Waals surface area contributed by atoms with Gasteiger partial charge in [0, 0.05) is 37.7 Å². The number of nitrogens with one attached hydrogen (secondary N) is 3. The molecule has 0 aromatic carbocycles. The van der Waals surface area contributed by atoms with Crippen LogP contribution in [0.3, 0.4) is 0 Å². The third-order valence-electron chi connectivity index (χ3n) is 3.55. The van der Waals surface area contributed by atoms with Gasteiger partial charge in [-0.3, -0.25) is 14.9 Å². The van der Waals surface area contributed by atoms with Crippen LogP contribution in [0.1, 0.15) is 18.5 Å². The number of hydrogen-bond acceptors (Lipinski definition) is 5. The van der Waals surface area contributed by atoms with Gasteiger partial charge in [-0.05, 0) is 44.0 Å². The lowest BCUT2D eigenvalue weighted by Gasteiger charge is -2.12. The molecule has 23 heavy (non-hydrogen) atoms. The minimum absolute atomic E-state index is 0.155. The highest BCUT2D eigenvalue weighted by Gasteiger charge is 2.10. The van der Waals surface area contributed by atoms with Crippen LogP contribution >= 0.6 is 0 Å². The maximum Gasteiger partial charge on any atom is 0.258 e. The molecule has 7 nitrogen and oxygen atoms in total. The number of allylic oxidation sites excluding steroid dienone is 2. The van der Waals surface area contributed by atoms with E-state index in [4.69, 9.17) is 0 Å². The second-order valence-corrected chi connectivity index (χ2v) is 5.49. The van der Waals surface area contributed by atoms with E-state index >= 15 is 0 Å². The SMILES string of the molecule is Cc1cc(NC(=O)/C2=C/C=C/NCCC(CO)CCN=C2)n[nH]1. The summed E-state index contributed by atoms with van der Waals surface area (Å²) >= 11 is 0. The summed E-state index contributed by atoms with van der Waals surface area (Å²) in [6, 6.07) is 1.76. The van der Waals surface area contributed by atoms with Crippen molar-refractivity contribution in [2.24, 2.45) is 10.9 Å². The Morgan fingerprint density at radius 3 is 3.09 bits per heavy atom. The summed E-state index contributed by atoms with van der Waals surface area (Å²) in [6.07, 6.45) is 8.52. The number of hydrogen-bond donors (Lipinski definition) is 4. The number of aliphatic imine (C=N–C) groups is 1. The van der Waals surface area contributed by atoms with Crippen molar-refractivity contribution >= 4 is 17.9 Å². The molecule has 1 amide bonds. The Bertz CT molecular complexity index is 603. The normalized spacial score (nSPS) is 22.9. The van der Waals surface area contributed by atoms with E-state index < -0.39 is 0 Å². The van der Waals surface area contributed by atoms with Crippen LogP contribution in [0.5, 0.6) is 0 Å². The Labute approximate surface area is 135 Å². The van der Waals surface area contributed by atoms with Crippen molar-refractivity contribution in [3.8, 4) is 0 Å². The summed E-state index contributed by atoms with van der Waals surface area (Å²) in [5, 5.41) is 22.0. The zero-order valence-corrected chi connectivity index (χ0v) is 13.2. The van der Waals surface area contributed by atoms with Crippen LogP contribution in [0.15, 0.2) is 35.0 Å². The van der Waals surface area contributed by atoms with Gasteiger partial charge in [-0.15, -0.1) is 0 Å². The number of aromatic nitrogens is 2. The predicted octanol–water partition coefficient (Wildman–Crippen LogP) is 1.16. The number of carbonyl (C=O) groups is 1. The Balaban J connectivity index is 2.05. The average molecular weight is 317 g/mol. The molecule has 1 atom stereocenters. The molecule has 0 saturated heterocycles. The summed E-state index contributed by atoms with van der Waals surface area (Å²) in [7, 11) is 0. The van der Waals surface area contributed by atoms with Gasteiger partial charge in [-0.2, -0.15) is 5.10 Å². The first-order chi connectivity index (χ1) is 11.2. The molecule has 2 heterocycles. The summed E-state index contributed by atoms with van der Waals surface area (Å²) in [5.74, 6) is 0.441. The van der Waals surface area contributed by atoms with E-state index in [0.717, 1.165) is 25.1 Å². The molecule has 124 valence electrons. The van der Waals surface area contributed by atoms with Crippen LogP contribution in [0.4, 0.5) is 5.82 Å². The molecule has 1 aromatic rings. The topological polar surface area (TPSA) is 102 Å². The molecular formula is C16H23N5O2. The summed E-state index contributed by atoms with van der Waals surface area (Å²) in [5.41, 5.74) is 1.32. The lowest BCUT2D eigenvalue weighted by molar-refractivity contribution is -0.112. The van der Waals surface area contributed by atoms with Gasteiger partial charge in [-0.1, -0.05) is 0 Å². The molecule has 0 aliphatic carbocycles. The molecule has 2 rings (SSSR count). The van der Waals surface area contributed by atoms with Gasteiger partial charge in [0.25, 0.3) is 5.91 Å². The van der Waals surface area contributed by atoms with Crippen molar-refractivity contribution in [1.29, 1.82) is 0 Å². The molecule has 4 N–H and O–H groups in total. The quantitative estimate of drug-likeness (QED) is 0.672. The van der Waals surface area contributed by atoms with E-state index in [-0.39, 0.29) is 18.4 Å². The molecule has 1 aromatic heterocycles. The van der Waals surface area contributed by atoms with Crippen LogP contribution in [-0.2, 0) is 4.79 Å². The number of aliphatic hydroxyl groups excluding tert-OH is 1. The minimum Gasteiger partial charge on any atom is -0.396 e. The molecule has 0 spiro atoms. The third-order valence-corrected chi connectivity index (χ3v) is 3.55. The van der Waals surface area contributed by atoms with E-state index in [0.29, 0.717) is 17.9 Å². The number of rotatable bonds is 3. The highest BCUT2D eigenvalue weighted by molar-refractivity contribution is 6.17. The molecule has 1 aliphatic heterocycles. The van der Waals surface area contributed by atoms with Crippen LogP contribution in [-0.4, -0.2) is 47.1 Å². The van der Waals surface area contributed by atoms with E-state index in [2.05, 4.69) is 25.8 Å². The van der Waals surface area contributed by atoms with Crippen LogP contribution in [0.25, 0.3) is 0 Å². The van der Waals surface area contributed by atoms with Gasteiger partial charge < -0.3 is 15.7 Å². The number of nitrogens with zero attached hydrogens (tertiary/aromatic N) is 2. The van der Waals surface area contributed by atoms with Crippen LogP contribution in [0.2, 0.25) is 0 Å².